The minimum absolute atomic E-state index is 0.665. The third-order valence-corrected chi connectivity index (χ3v) is 11.5. The zero-order valence-corrected chi connectivity index (χ0v) is 29.7. The molecule has 0 aliphatic carbocycles. The molecule has 7 aromatic carbocycles. The van der Waals surface area contributed by atoms with Gasteiger partial charge in [-0.3, -0.25) is 0 Å². The molecule has 0 N–H and O–H groups in total. The molecule has 4 heterocycles. The normalized spacial score (nSPS) is 11.7. The van der Waals surface area contributed by atoms with Gasteiger partial charge in [0.2, 0.25) is 0 Å². The predicted molar refractivity (Wildman–Crippen MR) is 225 cm³/mol. The Bertz CT molecular complexity index is 3230. The van der Waals surface area contributed by atoms with Crippen LogP contribution in [-0.4, -0.2) is 15.0 Å². The summed E-state index contributed by atoms with van der Waals surface area (Å²) in [6, 6.07) is 61.2. The van der Waals surface area contributed by atoms with Crippen LogP contribution in [0.3, 0.4) is 0 Å². The minimum atomic E-state index is 0.665. The monoisotopic (exact) mass is 707 g/mol. The van der Waals surface area contributed by atoms with E-state index in [1.807, 2.05) is 47.7 Å². The van der Waals surface area contributed by atoms with E-state index in [1.165, 1.54) is 25.6 Å². The van der Waals surface area contributed by atoms with E-state index in [9.17, 15) is 0 Å². The summed E-state index contributed by atoms with van der Waals surface area (Å²) in [5.41, 5.74) is 11.5. The summed E-state index contributed by atoms with van der Waals surface area (Å²) in [5, 5.41) is 5.90. The zero-order chi connectivity index (χ0) is 35.6. The van der Waals surface area contributed by atoms with Gasteiger partial charge in [-0.15, -0.1) is 11.3 Å². The van der Waals surface area contributed by atoms with Crippen LogP contribution >= 0.6 is 11.3 Å². The zero-order valence-electron chi connectivity index (χ0n) is 28.9. The van der Waals surface area contributed by atoms with Crippen molar-refractivity contribution in [3.8, 4) is 56.3 Å². The van der Waals surface area contributed by atoms with Crippen LogP contribution < -0.4 is 0 Å². The van der Waals surface area contributed by atoms with Gasteiger partial charge in [0.05, 0.1) is 27.3 Å². The first-order valence-electron chi connectivity index (χ1n) is 18.0. The molecule has 0 aliphatic rings. The molecule has 0 fully saturated rings. The highest BCUT2D eigenvalue weighted by Crippen LogP contribution is 2.43. The molecule has 5 heteroatoms. The number of nitrogens with zero attached hydrogens (tertiary/aromatic N) is 3. The Morgan fingerprint density at radius 2 is 1.06 bits per heavy atom. The molecule has 0 atom stereocenters. The van der Waals surface area contributed by atoms with E-state index in [4.69, 9.17) is 19.4 Å². The molecule has 0 aliphatic heterocycles. The van der Waals surface area contributed by atoms with Crippen LogP contribution in [0.2, 0.25) is 0 Å². The Hall–Kier alpha value is -6.95. The van der Waals surface area contributed by atoms with Crippen molar-refractivity contribution in [2.75, 3.05) is 0 Å². The van der Waals surface area contributed by atoms with Crippen LogP contribution in [0.25, 0.3) is 109 Å². The first-order chi connectivity index (χ1) is 26.7. The Kier molecular flexibility index (Phi) is 7.00. The fraction of sp³-hybridized carbons (Fsp3) is 0. The maximum absolute atomic E-state index is 6.46. The van der Waals surface area contributed by atoms with Crippen LogP contribution in [-0.2, 0) is 0 Å². The fourth-order valence-electron chi connectivity index (χ4n) is 7.73. The van der Waals surface area contributed by atoms with Gasteiger partial charge in [-0.25, -0.2) is 15.0 Å². The molecule has 0 unspecified atom stereocenters. The summed E-state index contributed by atoms with van der Waals surface area (Å²) in [7, 11) is 0. The van der Waals surface area contributed by atoms with Gasteiger partial charge >= 0.3 is 0 Å². The molecule has 0 bridgehead atoms. The number of pyridine rings is 1. The summed E-state index contributed by atoms with van der Waals surface area (Å²) in [6.07, 6.45) is 0. The highest BCUT2D eigenvalue weighted by atomic mass is 32.1. The maximum Gasteiger partial charge on any atom is 0.160 e. The molecule has 0 amide bonds. The average Bonchev–Trinajstić information content (AvgIpc) is 3.83. The number of benzene rings is 7. The van der Waals surface area contributed by atoms with E-state index in [-0.39, 0.29) is 0 Å². The lowest BCUT2D eigenvalue weighted by Gasteiger charge is -2.12. The number of hydrogen-bond donors (Lipinski definition) is 0. The molecular formula is C49H29N3OS. The second-order valence-electron chi connectivity index (χ2n) is 13.6. The van der Waals surface area contributed by atoms with Crippen molar-refractivity contribution >= 4 is 64.4 Å². The molecule has 11 aromatic rings. The predicted octanol–water partition coefficient (Wildman–Crippen LogP) is 13.6. The number of rotatable bonds is 5. The summed E-state index contributed by atoms with van der Waals surface area (Å²) in [4.78, 5) is 15.6. The first kappa shape index (κ1) is 30.7. The summed E-state index contributed by atoms with van der Waals surface area (Å²) < 4.78 is 8.94. The van der Waals surface area contributed by atoms with Crippen LogP contribution in [0.5, 0.6) is 0 Å². The molecule has 4 nitrogen and oxygen atoms in total. The number of para-hydroxylation sites is 3. The Balaban J connectivity index is 1.06. The van der Waals surface area contributed by atoms with Crippen molar-refractivity contribution in [3.05, 3.63) is 176 Å². The summed E-state index contributed by atoms with van der Waals surface area (Å²) in [5.74, 6) is 0.665. The third-order valence-electron chi connectivity index (χ3n) is 10.3. The number of hydrogen-bond acceptors (Lipinski definition) is 5. The van der Waals surface area contributed by atoms with Gasteiger partial charge in [-0.2, -0.15) is 0 Å². The molecule has 0 radical (unpaired) electrons. The van der Waals surface area contributed by atoms with Crippen molar-refractivity contribution in [1.82, 2.24) is 15.0 Å². The van der Waals surface area contributed by atoms with Gasteiger partial charge in [-0.05, 0) is 53.6 Å². The third kappa shape index (κ3) is 5.01. The Labute approximate surface area is 314 Å². The summed E-state index contributed by atoms with van der Waals surface area (Å²) in [6.45, 7) is 0. The van der Waals surface area contributed by atoms with Crippen molar-refractivity contribution in [1.29, 1.82) is 0 Å². The number of thiophene rings is 1. The van der Waals surface area contributed by atoms with Gasteiger partial charge in [0, 0.05) is 53.9 Å². The Morgan fingerprint density at radius 1 is 0.426 bits per heavy atom. The standard InChI is InChI=1S/C49H29N3OS/c1-2-13-30(14-3-1)49-51-41(29-42(52-49)38-23-12-22-36-35-19-5-8-25-43(35)53-47(36)38)33-17-10-15-31(27-33)32-16-11-18-34(28-32)46-48-45(37-20-4-7-24-40(37)50-46)39-21-6-9-26-44(39)54-48/h1-29H. The molecule has 252 valence electrons. The van der Waals surface area contributed by atoms with Gasteiger partial charge in [0.15, 0.2) is 5.82 Å². The quantitative estimate of drug-likeness (QED) is 0.179. The molecular weight excluding hydrogens is 679 g/mol. The molecule has 54 heavy (non-hydrogen) atoms. The lowest BCUT2D eigenvalue weighted by molar-refractivity contribution is 0.670. The lowest BCUT2D eigenvalue weighted by Crippen LogP contribution is -1.96. The number of furan rings is 1. The largest absolute Gasteiger partial charge is 0.455 e. The molecule has 0 saturated carbocycles. The van der Waals surface area contributed by atoms with Crippen molar-refractivity contribution in [2.24, 2.45) is 0 Å². The topological polar surface area (TPSA) is 51.8 Å². The van der Waals surface area contributed by atoms with E-state index in [0.29, 0.717) is 5.82 Å². The molecule has 4 aromatic heterocycles. The second-order valence-corrected chi connectivity index (χ2v) is 14.6. The molecule has 0 saturated heterocycles. The van der Waals surface area contributed by atoms with Crippen molar-refractivity contribution in [2.45, 2.75) is 0 Å². The van der Waals surface area contributed by atoms with Gasteiger partial charge in [0.25, 0.3) is 0 Å². The van der Waals surface area contributed by atoms with Crippen molar-refractivity contribution < 1.29 is 4.42 Å². The Morgan fingerprint density at radius 3 is 1.93 bits per heavy atom. The van der Waals surface area contributed by atoms with Crippen molar-refractivity contribution in [3.63, 3.8) is 0 Å². The van der Waals surface area contributed by atoms with Crippen LogP contribution in [0.4, 0.5) is 0 Å². The SMILES string of the molecule is c1ccc(-c2nc(-c3cccc(-c4cccc(-c5nc6ccccc6c6c5sc5ccccc56)c4)c3)cc(-c3cccc4c3oc3ccccc34)n2)cc1. The highest BCUT2D eigenvalue weighted by molar-refractivity contribution is 7.26. The molecule has 0 spiro atoms. The maximum atomic E-state index is 6.46. The second kappa shape index (κ2) is 12.3. The van der Waals surface area contributed by atoms with Crippen LogP contribution in [0.1, 0.15) is 0 Å². The van der Waals surface area contributed by atoms with Gasteiger partial charge in [0.1, 0.15) is 11.2 Å². The number of fused-ring (bicyclic) bond motifs is 8. The first-order valence-corrected chi connectivity index (χ1v) is 18.8. The average molecular weight is 708 g/mol. The molecule has 11 rings (SSSR count). The number of aromatic nitrogens is 3. The summed E-state index contributed by atoms with van der Waals surface area (Å²) >= 11 is 1.82. The fourth-order valence-corrected chi connectivity index (χ4v) is 8.96. The van der Waals surface area contributed by atoms with E-state index in [1.54, 1.807) is 0 Å². The highest BCUT2D eigenvalue weighted by Gasteiger charge is 2.18. The van der Waals surface area contributed by atoms with E-state index < -0.39 is 0 Å². The van der Waals surface area contributed by atoms with Gasteiger partial charge < -0.3 is 4.42 Å². The van der Waals surface area contributed by atoms with E-state index >= 15 is 0 Å². The van der Waals surface area contributed by atoms with Crippen LogP contribution in [0, 0.1) is 0 Å². The van der Waals surface area contributed by atoms with Gasteiger partial charge in [-0.1, -0.05) is 133 Å². The van der Waals surface area contributed by atoms with Crippen LogP contribution in [0.15, 0.2) is 180 Å². The smallest absolute Gasteiger partial charge is 0.160 e. The minimum Gasteiger partial charge on any atom is -0.455 e. The van der Waals surface area contributed by atoms with E-state index in [0.717, 1.165) is 77.9 Å². The van der Waals surface area contributed by atoms with E-state index in [2.05, 4.69) is 140 Å². The lowest BCUT2D eigenvalue weighted by atomic mass is 9.97.